The Bertz CT molecular complexity index is 880. The minimum Gasteiger partial charge on any atom is -0.495 e. The number of aliphatic imine (C=N–C) groups is 1. The normalized spacial score (nSPS) is 16.5. The fourth-order valence-electron chi connectivity index (χ4n) is 3.73. The number of nitrogens with one attached hydrogen (secondary N) is 2. The Morgan fingerprint density at radius 1 is 1.20 bits per heavy atom. The average molecular weight is 412 g/mol. The van der Waals surface area contributed by atoms with Gasteiger partial charge in [-0.25, -0.2) is 0 Å². The predicted molar refractivity (Wildman–Crippen MR) is 123 cm³/mol. The predicted octanol–water partition coefficient (Wildman–Crippen LogP) is 2.47. The van der Waals surface area contributed by atoms with E-state index < -0.39 is 0 Å². The number of hydrogen-bond acceptors (Lipinski definition) is 4. The van der Waals surface area contributed by atoms with Crippen molar-refractivity contribution in [1.29, 1.82) is 0 Å². The molecule has 7 nitrogen and oxygen atoms in total. The number of rotatable bonds is 9. The topological polar surface area (TPSA) is 70.9 Å². The van der Waals surface area contributed by atoms with Crippen LogP contribution in [0.1, 0.15) is 26.2 Å². The van der Waals surface area contributed by atoms with Crippen LogP contribution in [-0.2, 0) is 6.54 Å². The molecule has 3 rings (SSSR count). The van der Waals surface area contributed by atoms with Gasteiger partial charge in [0.2, 0.25) is 5.56 Å². The molecule has 0 radical (unpaired) electrons. The summed E-state index contributed by atoms with van der Waals surface area (Å²) in [7, 11) is 1.72. The summed E-state index contributed by atoms with van der Waals surface area (Å²) in [6, 6.07) is 13.8. The summed E-state index contributed by atoms with van der Waals surface area (Å²) in [5, 5.41) is 6.92. The highest BCUT2D eigenvalue weighted by Gasteiger charge is 2.25. The van der Waals surface area contributed by atoms with E-state index in [1.165, 1.54) is 0 Å². The lowest BCUT2D eigenvalue weighted by molar-refractivity contribution is 0.415. The lowest BCUT2D eigenvalue weighted by Gasteiger charge is -2.22. The largest absolute Gasteiger partial charge is 0.495 e. The van der Waals surface area contributed by atoms with Gasteiger partial charge in [0.25, 0.3) is 0 Å². The molecule has 2 aromatic rings. The highest BCUT2D eigenvalue weighted by molar-refractivity contribution is 5.80. The molecular formula is C23H33N5O2. The van der Waals surface area contributed by atoms with E-state index in [1.807, 2.05) is 30.5 Å². The quantitative estimate of drug-likeness (QED) is 0.377. The SMILES string of the molecule is CCNC(=NCCCCn1ccccc1=O)NC1CCN(c2ccccc2OC)C1. The van der Waals surface area contributed by atoms with Crippen LogP contribution in [0.5, 0.6) is 5.75 Å². The van der Waals surface area contributed by atoms with E-state index >= 15 is 0 Å². The zero-order chi connectivity index (χ0) is 21.2. The summed E-state index contributed by atoms with van der Waals surface area (Å²) in [6.07, 6.45) is 4.76. The Labute approximate surface area is 178 Å². The third kappa shape index (κ3) is 6.02. The second kappa shape index (κ2) is 11.3. The second-order valence-electron chi connectivity index (χ2n) is 7.45. The molecule has 7 heteroatoms. The molecule has 1 aliphatic heterocycles. The number of aryl methyl sites for hydroxylation is 1. The molecule has 1 fully saturated rings. The number of nitrogens with zero attached hydrogens (tertiary/aromatic N) is 3. The van der Waals surface area contributed by atoms with Crippen molar-refractivity contribution >= 4 is 11.6 Å². The van der Waals surface area contributed by atoms with Crippen LogP contribution in [0, 0.1) is 0 Å². The van der Waals surface area contributed by atoms with E-state index in [0.717, 1.165) is 69.4 Å². The molecule has 1 atom stereocenters. The molecule has 1 aromatic heterocycles. The molecule has 0 spiro atoms. The van der Waals surface area contributed by atoms with Gasteiger partial charge in [0.15, 0.2) is 5.96 Å². The molecule has 30 heavy (non-hydrogen) atoms. The number of aromatic nitrogens is 1. The molecule has 0 bridgehead atoms. The van der Waals surface area contributed by atoms with Gasteiger partial charge in [0.05, 0.1) is 12.8 Å². The molecule has 1 saturated heterocycles. The van der Waals surface area contributed by atoms with Crippen LogP contribution in [0.2, 0.25) is 0 Å². The first kappa shape index (κ1) is 21.7. The van der Waals surface area contributed by atoms with E-state index in [4.69, 9.17) is 9.73 Å². The van der Waals surface area contributed by atoms with E-state index in [0.29, 0.717) is 6.04 Å². The average Bonchev–Trinajstić information content (AvgIpc) is 3.23. The number of ether oxygens (including phenoxy) is 1. The maximum absolute atomic E-state index is 11.7. The van der Waals surface area contributed by atoms with Crippen LogP contribution in [0.25, 0.3) is 0 Å². The summed E-state index contributed by atoms with van der Waals surface area (Å²) in [5.41, 5.74) is 1.19. The molecule has 2 N–H and O–H groups in total. The fourth-order valence-corrected chi connectivity index (χ4v) is 3.73. The number of anilines is 1. The van der Waals surface area contributed by atoms with Crippen molar-refractivity contribution < 1.29 is 4.74 Å². The third-order valence-corrected chi connectivity index (χ3v) is 5.28. The molecule has 1 aromatic carbocycles. The van der Waals surface area contributed by atoms with Gasteiger partial charge in [-0.05, 0) is 44.4 Å². The highest BCUT2D eigenvalue weighted by Crippen LogP contribution is 2.30. The highest BCUT2D eigenvalue weighted by atomic mass is 16.5. The maximum atomic E-state index is 11.7. The van der Waals surface area contributed by atoms with Crippen molar-refractivity contribution in [3.63, 3.8) is 0 Å². The Balaban J connectivity index is 1.48. The van der Waals surface area contributed by atoms with E-state index in [-0.39, 0.29) is 5.56 Å². The molecule has 0 aliphatic carbocycles. The van der Waals surface area contributed by atoms with E-state index in [2.05, 4.69) is 28.5 Å². The number of hydrogen-bond donors (Lipinski definition) is 2. The first-order valence-corrected chi connectivity index (χ1v) is 10.8. The molecule has 0 saturated carbocycles. The van der Waals surface area contributed by atoms with Gasteiger partial charge in [0, 0.05) is 51.0 Å². The van der Waals surface area contributed by atoms with Gasteiger partial charge < -0.3 is 24.8 Å². The summed E-state index contributed by atoms with van der Waals surface area (Å²) < 4.78 is 7.26. The molecule has 0 amide bonds. The van der Waals surface area contributed by atoms with Gasteiger partial charge >= 0.3 is 0 Å². The van der Waals surface area contributed by atoms with Crippen molar-refractivity contribution in [2.45, 2.75) is 38.8 Å². The zero-order valence-electron chi connectivity index (χ0n) is 18.0. The first-order valence-electron chi connectivity index (χ1n) is 10.8. The summed E-state index contributed by atoms with van der Waals surface area (Å²) in [6.45, 7) is 6.28. The monoisotopic (exact) mass is 411 g/mol. The Morgan fingerprint density at radius 2 is 2.03 bits per heavy atom. The maximum Gasteiger partial charge on any atom is 0.250 e. The lowest BCUT2D eigenvalue weighted by Crippen LogP contribution is -2.44. The van der Waals surface area contributed by atoms with Gasteiger partial charge in [0.1, 0.15) is 5.75 Å². The Kier molecular flexibility index (Phi) is 8.18. The smallest absolute Gasteiger partial charge is 0.250 e. The minimum absolute atomic E-state index is 0.0526. The summed E-state index contributed by atoms with van der Waals surface area (Å²) in [5.74, 6) is 1.78. The summed E-state index contributed by atoms with van der Waals surface area (Å²) in [4.78, 5) is 18.8. The molecule has 2 heterocycles. The van der Waals surface area contributed by atoms with Crippen molar-refractivity contribution in [3.8, 4) is 5.75 Å². The van der Waals surface area contributed by atoms with Crippen molar-refractivity contribution in [2.75, 3.05) is 38.2 Å². The van der Waals surface area contributed by atoms with E-state index in [9.17, 15) is 4.79 Å². The van der Waals surface area contributed by atoms with Crippen molar-refractivity contribution in [1.82, 2.24) is 15.2 Å². The van der Waals surface area contributed by atoms with Gasteiger partial charge in [-0.15, -0.1) is 0 Å². The third-order valence-electron chi connectivity index (χ3n) is 5.28. The van der Waals surface area contributed by atoms with Crippen LogP contribution in [0.15, 0.2) is 58.4 Å². The number of para-hydroxylation sites is 2. The number of benzene rings is 1. The lowest BCUT2D eigenvalue weighted by atomic mass is 10.2. The van der Waals surface area contributed by atoms with Gasteiger partial charge in [-0.1, -0.05) is 18.2 Å². The van der Waals surface area contributed by atoms with Gasteiger partial charge in [-0.3, -0.25) is 9.79 Å². The molecular weight excluding hydrogens is 378 g/mol. The Hall–Kier alpha value is -2.96. The number of methoxy groups -OCH3 is 1. The Morgan fingerprint density at radius 3 is 2.83 bits per heavy atom. The van der Waals surface area contributed by atoms with E-state index in [1.54, 1.807) is 23.8 Å². The van der Waals surface area contributed by atoms with Crippen LogP contribution in [0.4, 0.5) is 5.69 Å². The van der Waals surface area contributed by atoms with Crippen LogP contribution >= 0.6 is 0 Å². The fraction of sp³-hybridized carbons (Fsp3) is 0.478. The first-order chi connectivity index (χ1) is 14.7. The summed E-state index contributed by atoms with van der Waals surface area (Å²) >= 11 is 0. The molecule has 162 valence electrons. The van der Waals surface area contributed by atoms with Crippen LogP contribution in [-0.4, -0.2) is 49.9 Å². The molecule has 1 unspecified atom stereocenters. The van der Waals surface area contributed by atoms with Crippen molar-refractivity contribution in [3.05, 3.63) is 59.0 Å². The second-order valence-corrected chi connectivity index (χ2v) is 7.45. The number of pyridine rings is 1. The van der Waals surface area contributed by atoms with Crippen molar-refractivity contribution in [2.24, 2.45) is 4.99 Å². The zero-order valence-corrected chi connectivity index (χ0v) is 18.0. The van der Waals surface area contributed by atoms with Gasteiger partial charge in [-0.2, -0.15) is 0 Å². The van der Waals surface area contributed by atoms with Crippen LogP contribution < -0.4 is 25.8 Å². The number of unbranched alkanes of at least 4 members (excludes halogenated alkanes) is 1. The minimum atomic E-state index is 0.0526. The van der Waals surface area contributed by atoms with Crippen LogP contribution in [0.3, 0.4) is 0 Å². The molecule has 1 aliphatic rings. The number of guanidine groups is 1. The standard InChI is InChI=1S/C23H33N5O2/c1-3-24-23(25-14-7-9-16-27-15-8-6-12-22(27)29)26-19-13-17-28(18-19)20-10-4-5-11-21(20)30-2/h4-6,8,10-12,15,19H,3,7,9,13-14,16-18H2,1-2H3,(H2,24,25,26).